The van der Waals surface area contributed by atoms with Crippen molar-refractivity contribution in [3.05, 3.63) is 29.8 Å². The molecule has 1 atom stereocenters. The summed E-state index contributed by atoms with van der Waals surface area (Å²) in [7, 11) is 0. The fourth-order valence-corrected chi connectivity index (χ4v) is 1.76. The van der Waals surface area contributed by atoms with Crippen molar-refractivity contribution in [2.75, 3.05) is 5.32 Å². The Morgan fingerprint density at radius 1 is 1.44 bits per heavy atom. The van der Waals surface area contributed by atoms with Gasteiger partial charge in [-0.2, -0.15) is 0 Å². The molecule has 16 heavy (non-hydrogen) atoms. The molecule has 0 heterocycles. The van der Waals surface area contributed by atoms with Crippen LogP contribution in [0.25, 0.3) is 0 Å². The monoisotopic (exact) mass is 219 g/mol. The van der Waals surface area contributed by atoms with Gasteiger partial charge in [-0.1, -0.05) is 30.5 Å². The number of aliphatic carboxylic acids is 1. The number of nitrogens with one attached hydrogen (secondary N) is 1. The van der Waals surface area contributed by atoms with Gasteiger partial charge in [-0.25, -0.2) is 4.79 Å². The minimum Gasteiger partial charge on any atom is -0.480 e. The first-order valence-corrected chi connectivity index (χ1v) is 5.71. The van der Waals surface area contributed by atoms with Crippen molar-refractivity contribution >= 4 is 11.7 Å². The van der Waals surface area contributed by atoms with Gasteiger partial charge >= 0.3 is 5.97 Å². The average Bonchev–Trinajstić information content (AvgIpc) is 3.04. The van der Waals surface area contributed by atoms with Crippen molar-refractivity contribution in [1.29, 1.82) is 0 Å². The number of carbonyl (C=O) groups is 1. The second-order valence-electron chi connectivity index (χ2n) is 4.58. The summed E-state index contributed by atoms with van der Waals surface area (Å²) in [6, 6.07) is 7.38. The van der Waals surface area contributed by atoms with Crippen molar-refractivity contribution in [1.82, 2.24) is 0 Å². The number of aryl methyl sites for hydroxylation is 1. The SMILES string of the molecule is Cc1ccc(N[C@H](CC2CC2)C(=O)O)cc1. The third-order valence-corrected chi connectivity index (χ3v) is 2.96. The summed E-state index contributed by atoms with van der Waals surface area (Å²) in [5.41, 5.74) is 2.07. The van der Waals surface area contributed by atoms with Crippen LogP contribution in [0.1, 0.15) is 24.8 Å². The van der Waals surface area contributed by atoms with Crippen molar-refractivity contribution in [3.63, 3.8) is 0 Å². The first kappa shape index (κ1) is 11.0. The van der Waals surface area contributed by atoms with Gasteiger partial charge < -0.3 is 10.4 Å². The fraction of sp³-hybridized carbons (Fsp3) is 0.462. The van der Waals surface area contributed by atoms with Crippen LogP contribution in [0.4, 0.5) is 5.69 Å². The summed E-state index contributed by atoms with van der Waals surface area (Å²) in [4.78, 5) is 11.1. The van der Waals surface area contributed by atoms with E-state index in [4.69, 9.17) is 5.11 Å². The van der Waals surface area contributed by atoms with Gasteiger partial charge in [0.1, 0.15) is 6.04 Å². The highest BCUT2D eigenvalue weighted by Crippen LogP contribution is 2.34. The van der Waals surface area contributed by atoms with Crippen molar-refractivity contribution in [3.8, 4) is 0 Å². The molecule has 0 radical (unpaired) electrons. The molecule has 1 aromatic carbocycles. The summed E-state index contributed by atoms with van der Waals surface area (Å²) in [5.74, 6) is -0.147. The van der Waals surface area contributed by atoms with Crippen LogP contribution >= 0.6 is 0 Å². The van der Waals surface area contributed by atoms with Crippen LogP contribution in [0.2, 0.25) is 0 Å². The molecule has 1 aliphatic carbocycles. The molecule has 0 saturated heterocycles. The van der Waals surface area contributed by atoms with Crippen LogP contribution in [0.15, 0.2) is 24.3 Å². The molecule has 2 N–H and O–H groups in total. The third-order valence-electron chi connectivity index (χ3n) is 2.96. The lowest BCUT2D eigenvalue weighted by molar-refractivity contribution is -0.138. The number of carboxylic acids is 1. The van der Waals surface area contributed by atoms with Crippen molar-refractivity contribution in [2.24, 2.45) is 5.92 Å². The zero-order valence-electron chi connectivity index (χ0n) is 9.44. The summed E-state index contributed by atoms with van der Waals surface area (Å²) < 4.78 is 0. The zero-order valence-corrected chi connectivity index (χ0v) is 9.44. The highest BCUT2D eigenvalue weighted by Gasteiger charge is 2.28. The summed E-state index contributed by atoms with van der Waals surface area (Å²) in [6.07, 6.45) is 3.10. The van der Waals surface area contributed by atoms with Gasteiger partial charge in [-0.3, -0.25) is 0 Å². The number of benzene rings is 1. The second-order valence-corrected chi connectivity index (χ2v) is 4.58. The van der Waals surface area contributed by atoms with Gasteiger partial charge in [-0.15, -0.1) is 0 Å². The van der Waals surface area contributed by atoms with E-state index in [1.54, 1.807) is 0 Å². The van der Waals surface area contributed by atoms with Gasteiger partial charge in [0.15, 0.2) is 0 Å². The molecule has 0 unspecified atom stereocenters. The molecular weight excluding hydrogens is 202 g/mol. The molecule has 2 rings (SSSR count). The molecule has 1 saturated carbocycles. The molecule has 3 heteroatoms. The van der Waals surface area contributed by atoms with E-state index in [1.807, 2.05) is 31.2 Å². The van der Waals surface area contributed by atoms with Crippen molar-refractivity contribution < 1.29 is 9.90 Å². The standard InChI is InChI=1S/C13H17NO2/c1-9-2-6-11(7-3-9)14-12(13(15)16)8-10-4-5-10/h2-3,6-7,10,12,14H,4-5,8H2,1H3,(H,15,16)/t12-/m1/s1. The fourth-order valence-electron chi connectivity index (χ4n) is 1.76. The number of carboxylic acid groups (broad SMARTS) is 1. The first-order valence-electron chi connectivity index (χ1n) is 5.71. The predicted octanol–water partition coefficient (Wildman–Crippen LogP) is 2.66. The van der Waals surface area contributed by atoms with Gasteiger partial charge in [0.2, 0.25) is 0 Å². The van der Waals surface area contributed by atoms with E-state index in [9.17, 15) is 4.79 Å². The van der Waals surface area contributed by atoms with E-state index in [-0.39, 0.29) is 0 Å². The van der Waals surface area contributed by atoms with Crippen LogP contribution < -0.4 is 5.32 Å². The lowest BCUT2D eigenvalue weighted by Gasteiger charge is -2.15. The van der Waals surface area contributed by atoms with Gasteiger partial charge in [-0.05, 0) is 31.4 Å². The summed E-state index contributed by atoms with van der Waals surface area (Å²) >= 11 is 0. The van der Waals surface area contributed by atoms with Gasteiger partial charge in [0.25, 0.3) is 0 Å². The zero-order chi connectivity index (χ0) is 11.5. The minimum absolute atomic E-state index is 0.449. The lowest BCUT2D eigenvalue weighted by atomic mass is 10.1. The van der Waals surface area contributed by atoms with Crippen LogP contribution in [-0.4, -0.2) is 17.1 Å². The Hall–Kier alpha value is -1.51. The Kier molecular flexibility index (Phi) is 3.13. The Balaban J connectivity index is 1.98. The molecule has 0 bridgehead atoms. The molecule has 1 aromatic rings. The highest BCUT2D eigenvalue weighted by atomic mass is 16.4. The molecule has 1 fully saturated rings. The van der Waals surface area contributed by atoms with E-state index < -0.39 is 12.0 Å². The number of anilines is 1. The maximum absolute atomic E-state index is 11.1. The quantitative estimate of drug-likeness (QED) is 0.800. The number of hydrogen-bond donors (Lipinski definition) is 2. The molecule has 0 spiro atoms. The van der Waals surface area contributed by atoms with E-state index >= 15 is 0 Å². The van der Waals surface area contributed by atoms with E-state index in [2.05, 4.69) is 5.32 Å². The Morgan fingerprint density at radius 3 is 2.56 bits per heavy atom. The molecule has 1 aliphatic rings. The largest absolute Gasteiger partial charge is 0.480 e. The maximum atomic E-state index is 11.1. The van der Waals surface area contributed by atoms with Crippen LogP contribution in [-0.2, 0) is 4.79 Å². The second kappa shape index (κ2) is 4.56. The average molecular weight is 219 g/mol. The topological polar surface area (TPSA) is 49.3 Å². The molecule has 86 valence electrons. The number of hydrogen-bond acceptors (Lipinski definition) is 2. The van der Waals surface area contributed by atoms with Crippen LogP contribution in [0.5, 0.6) is 0 Å². The lowest BCUT2D eigenvalue weighted by Crippen LogP contribution is -2.29. The Bertz CT molecular complexity index is 368. The molecule has 3 nitrogen and oxygen atoms in total. The summed E-state index contributed by atoms with van der Waals surface area (Å²) in [6.45, 7) is 2.02. The first-order chi connectivity index (χ1) is 7.65. The highest BCUT2D eigenvalue weighted by molar-refractivity contribution is 5.77. The predicted molar refractivity (Wildman–Crippen MR) is 63.6 cm³/mol. The molecular formula is C13H17NO2. The molecule has 0 amide bonds. The summed E-state index contributed by atoms with van der Waals surface area (Å²) in [5, 5.41) is 12.2. The van der Waals surface area contributed by atoms with Crippen LogP contribution in [0, 0.1) is 12.8 Å². The Labute approximate surface area is 95.5 Å². The van der Waals surface area contributed by atoms with E-state index in [1.165, 1.54) is 18.4 Å². The van der Waals surface area contributed by atoms with Gasteiger partial charge in [0.05, 0.1) is 0 Å². The maximum Gasteiger partial charge on any atom is 0.326 e. The number of rotatable bonds is 5. The minimum atomic E-state index is -0.757. The van der Waals surface area contributed by atoms with E-state index in [0.717, 1.165) is 12.1 Å². The normalized spacial score (nSPS) is 16.8. The smallest absolute Gasteiger partial charge is 0.326 e. The third kappa shape index (κ3) is 2.99. The van der Waals surface area contributed by atoms with E-state index in [0.29, 0.717) is 5.92 Å². The van der Waals surface area contributed by atoms with Crippen LogP contribution in [0.3, 0.4) is 0 Å². The Morgan fingerprint density at radius 2 is 2.06 bits per heavy atom. The molecule has 0 aliphatic heterocycles. The van der Waals surface area contributed by atoms with Crippen molar-refractivity contribution in [2.45, 2.75) is 32.2 Å². The molecule has 0 aromatic heterocycles. The van der Waals surface area contributed by atoms with Gasteiger partial charge in [0, 0.05) is 5.69 Å².